The van der Waals surface area contributed by atoms with E-state index in [1.807, 2.05) is 0 Å². The summed E-state index contributed by atoms with van der Waals surface area (Å²) in [5.74, 6) is -2.26. The van der Waals surface area contributed by atoms with Gasteiger partial charge in [-0.05, 0) is 55.0 Å². The normalized spacial score (nSPS) is 11.3. The molecule has 0 aliphatic rings. The van der Waals surface area contributed by atoms with Crippen molar-refractivity contribution in [2.24, 2.45) is 0 Å². The topological polar surface area (TPSA) is 107 Å². The molecule has 0 fully saturated rings. The minimum Gasteiger partial charge on any atom is -0.497 e. The summed E-state index contributed by atoms with van der Waals surface area (Å²) >= 11 is 0. The molecule has 1 amide bonds. The molecule has 0 unspecified atom stereocenters. The van der Waals surface area contributed by atoms with E-state index < -0.39 is 36.4 Å². The number of nitrogens with one attached hydrogen (secondary N) is 1. The highest BCUT2D eigenvalue weighted by molar-refractivity contribution is 6.05. The number of carbonyl (C=O) groups excluding carboxylic acids is 2. The van der Waals surface area contributed by atoms with E-state index >= 15 is 0 Å². The van der Waals surface area contributed by atoms with Crippen LogP contribution in [0, 0.1) is 6.92 Å². The molecule has 174 valence electrons. The summed E-state index contributed by atoms with van der Waals surface area (Å²) in [4.78, 5) is 36.2. The number of benzene rings is 2. The monoisotopic (exact) mass is 464 g/mol. The zero-order chi connectivity index (χ0) is 24.3. The smallest absolute Gasteiger partial charge is 0.497 e. The fourth-order valence-corrected chi connectivity index (χ4v) is 3.40. The number of carbonyl (C=O) groups is 3. The predicted molar refractivity (Wildman–Crippen MR) is 110 cm³/mol. The Labute approximate surface area is 185 Å². The van der Waals surface area contributed by atoms with E-state index in [0.29, 0.717) is 27.9 Å². The highest BCUT2D eigenvalue weighted by atomic mass is 19.4. The lowest BCUT2D eigenvalue weighted by Gasteiger charge is -2.11. The Morgan fingerprint density at radius 2 is 1.70 bits per heavy atom. The average molecular weight is 464 g/mol. The molecule has 0 radical (unpaired) electrons. The minimum absolute atomic E-state index is 0.0993. The summed E-state index contributed by atoms with van der Waals surface area (Å²) in [6.07, 6.45) is -5.05. The maximum atomic E-state index is 13.2. The molecule has 0 spiro atoms. The number of amides is 1. The van der Waals surface area contributed by atoms with Crippen LogP contribution in [0.2, 0.25) is 0 Å². The number of carboxylic acid groups (broad SMARTS) is 1. The van der Waals surface area contributed by atoms with E-state index in [1.165, 1.54) is 23.8 Å². The Morgan fingerprint density at radius 1 is 1.06 bits per heavy atom. The van der Waals surface area contributed by atoms with Crippen molar-refractivity contribution in [2.75, 3.05) is 13.7 Å². The van der Waals surface area contributed by atoms with E-state index in [2.05, 4.69) is 10.1 Å². The van der Waals surface area contributed by atoms with E-state index in [1.54, 1.807) is 25.1 Å². The third-order valence-electron chi connectivity index (χ3n) is 4.85. The summed E-state index contributed by atoms with van der Waals surface area (Å²) in [5, 5.41) is 11.6. The third-order valence-corrected chi connectivity index (χ3v) is 4.85. The number of alkyl halides is 3. The first kappa shape index (κ1) is 23.6. The highest BCUT2D eigenvalue weighted by Crippen LogP contribution is 2.31. The largest absolute Gasteiger partial charge is 0.573 e. The molecule has 11 heteroatoms. The van der Waals surface area contributed by atoms with Crippen molar-refractivity contribution in [3.63, 3.8) is 0 Å². The number of rotatable bonds is 7. The lowest BCUT2D eigenvalue weighted by Crippen LogP contribution is -2.30. The molecule has 33 heavy (non-hydrogen) atoms. The number of aromatic nitrogens is 1. The maximum absolute atomic E-state index is 13.2. The van der Waals surface area contributed by atoms with Gasteiger partial charge in [-0.2, -0.15) is 0 Å². The van der Waals surface area contributed by atoms with Gasteiger partial charge in [0.1, 0.15) is 18.0 Å². The standard InChI is InChI=1S/C22H19F3N2O6/c1-12-16(10-19(28)26-11-20(29)30)17-9-15(32-2)7-8-18(17)27(12)21(31)13-3-5-14(6-4-13)33-22(23,24)25/h3-9H,10-11H2,1-2H3,(H,26,28)(H,29,30). The van der Waals surface area contributed by atoms with Crippen LogP contribution in [-0.4, -0.2) is 47.5 Å². The molecular weight excluding hydrogens is 445 g/mol. The van der Waals surface area contributed by atoms with Crippen LogP contribution in [0.15, 0.2) is 42.5 Å². The van der Waals surface area contributed by atoms with Crippen molar-refractivity contribution in [3.05, 3.63) is 59.3 Å². The van der Waals surface area contributed by atoms with Crippen LogP contribution in [0.1, 0.15) is 21.6 Å². The SMILES string of the molecule is COc1ccc2c(c1)c(CC(=O)NCC(=O)O)c(C)n2C(=O)c1ccc(OC(F)(F)F)cc1. The number of halogens is 3. The van der Waals surface area contributed by atoms with Crippen molar-refractivity contribution < 1.29 is 42.1 Å². The molecular formula is C22H19F3N2O6. The number of methoxy groups -OCH3 is 1. The summed E-state index contributed by atoms with van der Waals surface area (Å²) < 4.78 is 47.6. The Bertz CT molecular complexity index is 1220. The number of nitrogens with zero attached hydrogens (tertiary/aromatic N) is 1. The Kier molecular flexibility index (Phi) is 6.61. The third kappa shape index (κ3) is 5.43. The summed E-state index contributed by atoms with van der Waals surface area (Å²) in [6.45, 7) is 1.07. The zero-order valence-electron chi connectivity index (χ0n) is 17.5. The van der Waals surface area contributed by atoms with Crippen LogP contribution in [-0.2, 0) is 16.0 Å². The molecule has 1 aromatic heterocycles. The molecule has 0 aliphatic heterocycles. The minimum atomic E-state index is -4.85. The van der Waals surface area contributed by atoms with Gasteiger partial charge in [-0.3, -0.25) is 19.0 Å². The average Bonchev–Trinajstić information content (AvgIpc) is 3.01. The number of fused-ring (bicyclic) bond motifs is 1. The van der Waals surface area contributed by atoms with Crippen molar-refractivity contribution in [1.29, 1.82) is 0 Å². The molecule has 0 bridgehead atoms. The van der Waals surface area contributed by atoms with Crippen molar-refractivity contribution in [2.45, 2.75) is 19.7 Å². The number of hydrogen-bond acceptors (Lipinski definition) is 5. The number of ether oxygens (including phenoxy) is 2. The molecule has 0 atom stereocenters. The summed E-state index contributed by atoms with van der Waals surface area (Å²) in [5.41, 5.74) is 1.46. The first-order valence-corrected chi connectivity index (χ1v) is 9.57. The molecule has 2 aromatic carbocycles. The van der Waals surface area contributed by atoms with Gasteiger partial charge in [-0.25, -0.2) is 0 Å². The lowest BCUT2D eigenvalue weighted by molar-refractivity contribution is -0.274. The number of aliphatic carboxylic acids is 1. The van der Waals surface area contributed by atoms with E-state index in [4.69, 9.17) is 9.84 Å². The zero-order valence-corrected chi connectivity index (χ0v) is 17.5. The molecule has 0 saturated heterocycles. The molecule has 0 saturated carbocycles. The van der Waals surface area contributed by atoms with Crippen LogP contribution in [0.3, 0.4) is 0 Å². The lowest BCUT2D eigenvalue weighted by atomic mass is 10.1. The van der Waals surface area contributed by atoms with Gasteiger partial charge in [0.25, 0.3) is 5.91 Å². The Hall–Kier alpha value is -4.02. The van der Waals surface area contributed by atoms with Crippen molar-refractivity contribution in [1.82, 2.24) is 9.88 Å². The second-order valence-corrected chi connectivity index (χ2v) is 7.01. The van der Waals surface area contributed by atoms with Gasteiger partial charge in [0, 0.05) is 16.6 Å². The van der Waals surface area contributed by atoms with E-state index in [-0.39, 0.29) is 12.0 Å². The number of hydrogen-bond donors (Lipinski definition) is 2. The molecule has 2 N–H and O–H groups in total. The van der Waals surface area contributed by atoms with Gasteiger partial charge in [0.15, 0.2) is 0 Å². The van der Waals surface area contributed by atoms with Crippen LogP contribution in [0.5, 0.6) is 11.5 Å². The van der Waals surface area contributed by atoms with Crippen molar-refractivity contribution in [3.8, 4) is 11.5 Å². The van der Waals surface area contributed by atoms with Crippen LogP contribution in [0.25, 0.3) is 10.9 Å². The van der Waals surface area contributed by atoms with Gasteiger partial charge < -0.3 is 19.9 Å². The van der Waals surface area contributed by atoms with Gasteiger partial charge in [-0.15, -0.1) is 13.2 Å². The fraction of sp³-hybridized carbons (Fsp3) is 0.227. The van der Waals surface area contributed by atoms with Gasteiger partial charge in [0.2, 0.25) is 5.91 Å². The van der Waals surface area contributed by atoms with Gasteiger partial charge >= 0.3 is 12.3 Å². The maximum Gasteiger partial charge on any atom is 0.573 e. The summed E-state index contributed by atoms with van der Waals surface area (Å²) in [7, 11) is 1.46. The Morgan fingerprint density at radius 3 is 2.27 bits per heavy atom. The predicted octanol–water partition coefficient (Wildman–Crippen LogP) is 3.29. The van der Waals surface area contributed by atoms with Gasteiger partial charge in [0.05, 0.1) is 19.0 Å². The molecule has 3 rings (SSSR count). The first-order chi connectivity index (χ1) is 15.5. The van der Waals surface area contributed by atoms with Crippen LogP contribution < -0.4 is 14.8 Å². The molecule has 3 aromatic rings. The first-order valence-electron chi connectivity index (χ1n) is 9.57. The molecule has 0 aliphatic carbocycles. The van der Waals surface area contributed by atoms with Crippen molar-refractivity contribution >= 4 is 28.7 Å². The summed E-state index contributed by atoms with van der Waals surface area (Å²) in [6, 6.07) is 9.37. The van der Waals surface area contributed by atoms with Crippen LogP contribution in [0.4, 0.5) is 13.2 Å². The second kappa shape index (κ2) is 9.23. The van der Waals surface area contributed by atoms with Gasteiger partial charge in [-0.1, -0.05) is 0 Å². The second-order valence-electron chi connectivity index (χ2n) is 7.01. The van der Waals surface area contributed by atoms with E-state index in [0.717, 1.165) is 12.1 Å². The van der Waals surface area contributed by atoms with Crippen LogP contribution >= 0.6 is 0 Å². The van der Waals surface area contributed by atoms with E-state index in [9.17, 15) is 27.6 Å². The highest BCUT2D eigenvalue weighted by Gasteiger charge is 2.31. The number of carboxylic acids is 1. The molecule has 8 nitrogen and oxygen atoms in total. The Balaban J connectivity index is 2.02. The molecule has 1 heterocycles. The quantitative estimate of drug-likeness (QED) is 0.556. The fourth-order valence-electron chi connectivity index (χ4n) is 3.40.